The molecule has 0 heterocycles. The van der Waals surface area contributed by atoms with Gasteiger partial charge in [-0.2, -0.15) is 0 Å². The predicted molar refractivity (Wildman–Crippen MR) is 145 cm³/mol. The highest BCUT2D eigenvalue weighted by atomic mass is 32.1. The molecule has 2 aromatic rings. The monoisotopic (exact) mass is 470 g/mol. The average Bonchev–Trinajstić information content (AvgIpc) is 2.81. The molecule has 0 atom stereocenters. The molecule has 0 unspecified atom stereocenters. The van der Waals surface area contributed by atoms with Gasteiger partial charge in [0.25, 0.3) is 0 Å². The Kier molecular flexibility index (Phi) is 10.0. The average molecular weight is 471 g/mol. The molecule has 0 aliphatic carbocycles. The Labute approximate surface area is 206 Å². The summed E-state index contributed by atoms with van der Waals surface area (Å²) in [7, 11) is 1.66. The molecular formula is C28H42N2O2S. The van der Waals surface area contributed by atoms with Crippen molar-refractivity contribution in [2.24, 2.45) is 0 Å². The largest absolute Gasteiger partial charge is 0.495 e. The Hall–Kier alpha value is -2.27. The predicted octanol–water partition coefficient (Wildman–Crippen LogP) is 7.22. The lowest BCUT2D eigenvalue weighted by molar-refractivity contribution is 0.296. The lowest BCUT2D eigenvalue weighted by atomic mass is 9.76. The molecule has 2 rings (SSSR count). The number of para-hydroxylation sites is 2. The van der Waals surface area contributed by atoms with E-state index in [-0.39, 0.29) is 10.8 Å². The smallest absolute Gasteiger partial charge is 0.170 e. The van der Waals surface area contributed by atoms with Crippen LogP contribution in [0.5, 0.6) is 11.5 Å². The van der Waals surface area contributed by atoms with Crippen LogP contribution in [0.4, 0.5) is 5.69 Å². The van der Waals surface area contributed by atoms with E-state index in [1.807, 2.05) is 24.3 Å². The van der Waals surface area contributed by atoms with Crippen LogP contribution in [0.2, 0.25) is 0 Å². The van der Waals surface area contributed by atoms with E-state index in [0.717, 1.165) is 49.4 Å². The highest BCUT2D eigenvalue weighted by Crippen LogP contribution is 2.38. The summed E-state index contributed by atoms with van der Waals surface area (Å²) >= 11 is 5.41. The zero-order valence-corrected chi connectivity index (χ0v) is 22.3. The van der Waals surface area contributed by atoms with Crippen molar-refractivity contribution in [2.45, 2.75) is 78.1 Å². The molecule has 0 aliphatic rings. The van der Waals surface area contributed by atoms with Crippen LogP contribution >= 0.6 is 12.2 Å². The summed E-state index contributed by atoms with van der Waals surface area (Å²) in [5.74, 6) is 1.79. The third kappa shape index (κ3) is 7.63. The van der Waals surface area contributed by atoms with Crippen LogP contribution in [0.25, 0.3) is 0 Å². The first-order chi connectivity index (χ1) is 15.6. The van der Waals surface area contributed by atoms with E-state index in [2.05, 4.69) is 70.4 Å². The molecule has 0 aromatic heterocycles. The Morgan fingerprint density at radius 2 is 1.61 bits per heavy atom. The van der Waals surface area contributed by atoms with Crippen LogP contribution in [-0.4, -0.2) is 25.4 Å². The van der Waals surface area contributed by atoms with E-state index in [1.54, 1.807) is 7.11 Å². The molecule has 2 N–H and O–H groups in total. The van der Waals surface area contributed by atoms with Crippen molar-refractivity contribution in [1.29, 1.82) is 0 Å². The van der Waals surface area contributed by atoms with Crippen molar-refractivity contribution >= 4 is 23.0 Å². The second-order valence-corrected chi connectivity index (χ2v) is 10.2. The summed E-state index contributed by atoms with van der Waals surface area (Å²) < 4.78 is 11.6. The highest BCUT2D eigenvalue weighted by molar-refractivity contribution is 7.80. The van der Waals surface area contributed by atoms with Gasteiger partial charge in [0.1, 0.15) is 11.5 Å². The van der Waals surface area contributed by atoms with Gasteiger partial charge >= 0.3 is 0 Å². The van der Waals surface area contributed by atoms with Gasteiger partial charge in [0.05, 0.1) is 19.4 Å². The van der Waals surface area contributed by atoms with Gasteiger partial charge in [0.15, 0.2) is 5.11 Å². The second-order valence-electron chi connectivity index (χ2n) is 9.82. The van der Waals surface area contributed by atoms with E-state index in [0.29, 0.717) is 11.7 Å². The van der Waals surface area contributed by atoms with Gasteiger partial charge in [0, 0.05) is 12.1 Å². The zero-order valence-electron chi connectivity index (χ0n) is 21.5. The molecule has 0 bridgehead atoms. The van der Waals surface area contributed by atoms with Gasteiger partial charge in [-0.25, -0.2) is 0 Å². The van der Waals surface area contributed by atoms with E-state index < -0.39 is 0 Å². The summed E-state index contributed by atoms with van der Waals surface area (Å²) in [5.41, 5.74) is 3.80. The Morgan fingerprint density at radius 1 is 0.909 bits per heavy atom. The Morgan fingerprint density at radius 3 is 2.27 bits per heavy atom. The molecule has 5 heteroatoms. The molecule has 0 radical (unpaired) electrons. The van der Waals surface area contributed by atoms with Crippen molar-refractivity contribution < 1.29 is 9.47 Å². The normalized spacial score (nSPS) is 11.7. The minimum absolute atomic E-state index is 0.0765. The minimum atomic E-state index is 0.0765. The Balaban J connectivity index is 1.87. The van der Waals surface area contributed by atoms with Crippen LogP contribution in [0, 0.1) is 0 Å². The van der Waals surface area contributed by atoms with Gasteiger partial charge in [-0.3, -0.25) is 0 Å². The molecule has 182 valence electrons. The maximum absolute atomic E-state index is 6.27. The second kappa shape index (κ2) is 12.3. The maximum Gasteiger partial charge on any atom is 0.170 e. The topological polar surface area (TPSA) is 42.5 Å². The van der Waals surface area contributed by atoms with E-state index in [1.165, 1.54) is 11.1 Å². The molecule has 0 aliphatic heterocycles. The zero-order chi connectivity index (χ0) is 24.5. The van der Waals surface area contributed by atoms with E-state index in [4.69, 9.17) is 21.7 Å². The van der Waals surface area contributed by atoms with Crippen LogP contribution in [0.1, 0.15) is 78.4 Å². The number of methoxy groups -OCH3 is 1. The molecule has 2 aromatic carbocycles. The fraction of sp³-hybridized carbons (Fsp3) is 0.536. The number of benzene rings is 2. The van der Waals surface area contributed by atoms with Crippen molar-refractivity contribution in [2.75, 3.05) is 25.6 Å². The fourth-order valence-electron chi connectivity index (χ4n) is 3.53. The lowest BCUT2D eigenvalue weighted by Gasteiger charge is -2.30. The number of nitrogens with one attached hydrogen (secondary N) is 2. The number of hydrogen-bond acceptors (Lipinski definition) is 3. The van der Waals surface area contributed by atoms with Crippen LogP contribution in [0.15, 0.2) is 42.5 Å². The Bertz CT molecular complexity index is 909. The third-order valence-electron chi connectivity index (χ3n) is 6.73. The molecule has 0 amide bonds. The van der Waals surface area contributed by atoms with Crippen molar-refractivity contribution in [3.05, 3.63) is 53.6 Å². The molecule has 0 fully saturated rings. The number of anilines is 1. The number of rotatable bonds is 12. The summed E-state index contributed by atoms with van der Waals surface area (Å²) in [4.78, 5) is 0. The minimum Gasteiger partial charge on any atom is -0.495 e. The summed E-state index contributed by atoms with van der Waals surface area (Å²) in [6, 6.07) is 14.5. The van der Waals surface area contributed by atoms with Gasteiger partial charge in [-0.15, -0.1) is 0 Å². The van der Waals surface area contributed by atoms with Gasteiger partial charge in [0.2, 0.25) is 0 Å². The van der Waals surface area contributed by atoms with Gasteiger partial charge in [-0.1, -0.05) is 65.8 Å². The first-order valence-corrected chi connectivity index (χ1v) is 12.5. The summed E-state index contributed by atoms with van der Waals surface area (Å²) in [6.07, 6.45) is 4.11. The summed E-state index contributed by atoms with van der Waals surface area (Å²) in [5, 5.41) is 7.06. The van der Waals surface area contributed by atoms with Crippen LogP contribution in [-0.2, 0) is 10.8 Å². The fourth-order valence-corrected chi connectivity index (χ4v) is 3.74. The van der Waals surface area contributed by atoms with Gasteiger partial charge < -0.3 is 20.1 Å². The molecule has 0 spiro atoms. The molecule has 0 saturated carbocycles. The number of ether oxygens (including phenoxy) is 2. The molecular weight excluding hydrogens is 428 g/mol. The lowest BCUT2D eigenvalue weighted by Crippen LogP contribution is -2.29. The SMILES string of the molecule is CCC(C)(C)c1ccc(OCCCCNC(=S)Nc2ccccc2OC)c(C(C)(C)CC)c1. The summed E-state index contributed by atoms with van der Waals surface area (Å²) in [6.45, 7) is 15.2. The molecule has 4 nitrogen and oxygen atoms in total. The van der Waals surface area contributed by atoms with Crippen molar-refractivity contribution in [3.8, 4) is 11.5 Å². The van der Waals surface area contributed by atoms with Crippen molar-refractivity contribution in [1.82, 2.24) is 5.32 Å². The van der Waals surface area contributed by atoms with E-state index >= 15 is 0 Å². The standard InChI is InChI=1S/C28H42N2O2S/c1-8-27(3,4)21-16-17-24(22(20-21)28(5,6)9-2)32-19-13-12-18-29-26(33)30-23-14-10-11-15-25(23)31-7/h10-11,14-17,20H,8-9,12-13,18-19H2,1-7H3,(H2,29,30,33). The highest BCUT2D eigenvalue weighted by Gasteiger charge is 2.26. The van der Waals surface area contributed by atoms with Crippen molar-refractivity contribution in [3.63, 3.8) is 0 Å². The van der Waals surface area contributed by atoms with Crippen LogP contribution < -0.4 is 20.1 Å². The van der Waals surface area contributed by atoms with Crippen LogP contribution in [0.3, 0.4) is 0 Å². The van der Waals surface area contributed by atoms with Gasteiger partial charge in [-0.05, 0) is 72.5 Å². The third-order valence-corrected chi connectivity index (χ3v) is 6.97. The number of unbranched alkanes of at least 4 members (excludes halogenated alkanes) is 1. The first-order valence-electron chi connectivity index (χ1n) is 12.1. The number of thiocarbonyl (C=S) groups is 1. The molecule has 0 saturated heterocycles. The maximum atomic E-state index is 6.27. The number of hydrogen-bond donors (Lipinski definition) is 2. The first kappa shape index (κ1) is 27.0. The molecule has 33 heavy (non-hydrogen) atoms. The van der Waals surface area contributed by atoms with E-state index in [9.17, 15) is 0 Å². The quantitative estimate of drug-likeness (QED) is 0.253.